The number of hydrogen-bond acceptors (Lipinski definition) is 3. The van der Waals surface area contributed by atoms with Crippen LogP contribution in [0.1, 0.15) is 51.0 Å². The van der Waals surface area contributed by atoms with Crippen molar-refractivity contribution in [2.75, 3.05) is 7.11 Å². The Kier molecular flexibility index (Phi) is 5.16. The molecule has 0 aliphatic heterocycles. The number of methoxy groups -OCH3 is 1. The minimum atomic E-state index is -0.615. The van der Waals surface area contributed by atoms with Crippen LogP contribution in [-0.4, -0.2) is 18.9 Å². The van der Waals surface area contributed by atoms with Crippen LogP contribution in [0.15, 0.2) is 30.3 Å². The average Bonchev–Trinajstić information content (AvgIpc) is 2.47. The Morgan fingerprint density at radius 2 is 1.90 bits per heavy atom. The van der Waals surface area contributed by atoms with Gasteiger partial charge < -0.3 is 4.74 Å². The number of carbonyl (C=O) groups excluding carboxylic acids is 2. The van der Waals surface area contributed by atoms with E-state index in [4.69, 9.17) is 4.74 Å². The molecule has 2 rings (SSSR count). The van der Waals surface area contributed by atoms with Gasteiger partial charge in [0, 0.05) is 0 Å². The van der Waals surface area contributed by atoms with Crippen molar-refractivity contribution in [2.24, 2.45) is 5.92 Å². The number of Topliss-reactive ketones (excluding diaryl/α,β-unsaturated/α-hetero) is 1. The maximum Gasteiger partial charge on any atom is 0.316 e. The first-order valence-electron chi connectivity index (χ1n) is 7.83. The van der Waals surface area contributed by atoms with Crippen molar-refractivity contribution >= 4 is 11.8 Å². The molecule has 3 heteroatoms. The van der Waals surface area contributed by atoms with Crippen LogP contribution < -0.4 is 0 Å². The molecule has 0 spiro atoms. The number of rotatable bonds is 7. The van der Waals surface area contributed by atoms with Crippen LogP contribution in [0.2, 0.25) is 0 Å². The van der Waals surface area contributed by atoms with Gasteiger partial charge in [-0.2, -0.15) is 0 Å². The second-order valence-corrected chi connectivity index (χ2v) is 5.88. The Hall–Kier alpha value is -1.64. The van der Waals surface area contributed by atoms with Crippen LogP contribution in [0.4, 0.5) is 0 Å². The van der Waals surface area contributed by atoms with Crippen LogP contribution in [-0.2, 0) is 19.7 Å². The maximum absolute atomic E-state index is 13.1. The molecule has 1 aliphatic rings. The van der Waals surface area contributed by atoms with Gasteiger partial charge >= 0.3 is 5.97 Å². The summed E-state index contributed by atoms with van der Waals surface area (Å²) in [6.45, 7) is 2.06. The van der Waals surface area contributed by atoms with Crippen molar-refractivity contribution in [3.63, 3.8) is 0 Å². The molecule has 0 bridgehead atoms. The second kappa shape index (κ2) is 6.88. The number of unbranched alkanes of at least 4 members (excludes halogenated alkanes) is 1. The van der Waals surface area contributed by atoms with Gasteiger partial charge in [0.2, 0.25) is 0 Å². The molecule has 0 aromatic heterocycles. The second-order valence-electron chi connectivity index (χ2n) is 5.88. The molecule has 0 radical (unpaired) electrons. The van der Waals surface area contributed by atoms with Crippen LogP contribution >= 0.6 is 0 Å². The average molecular weight is 288 g/mol. The van der Waals surface area contributed by atoms with Gasteiger partial charge in [0.05, 0.1) is 12.5 Å². The fourth-order valence-electron chi connectivity index (χ4n) is 3.20. The number of carbonyl (C=O) groups is 2. The minimum absolute atomic E-state index is 0.0558. The summed E-state index contributed by atoms with van der Waals surface area (Å²) in [6.07, 6.45) is 5.17. The summed E-state index contributed by atoms with van der Waals surface area (Å²) < 4.78 is 4.87. The molecule has 1 fully saturated rings. The molecule has 0 saturated heterocycles. The monoisotopic (exact) mass is 288 g/mol. The molecule has 1 atom stereocenters. The zero-order chi connectivity index (χ0) is 15.3. The number of benzene rings is 1. The van der Waals surface area contributed by atoms with Gasteiger partial charge in [-0.15, -0.1) is 0 Å². The van der Waals surface area contributed by atoms with Crippen LogP contribution in [0.25, 0.3) is 0 Å². The highest BCUT2D eigenvalue weighted by Crippen LogP contribution is 2.46. The van der Waals surface area contributed by atoms with Crippen molar-refractivity contribution in [2.45, 2.75) is 50.9 Å². The SMILES string of the molecule is CCCCC(C(=O)OC)C(=O)C1(c2ccccc2)CCC1. The summed E-state index contributed by atoms with van der Waals surface area (Å²) in [5.74, 6) is -0.939. The predicted octanol–water partition coefficient (Wildman–Crippen LogP) is 3.66. The van der Waals surface area contributed by atoms with Gasteiger partial charge in [-0.3, -0.25) is 9.59 Å². The summed E-state index contributed by atoms with van der Waals surface area (Å²) in [5, 5.41) is 0. The largest absolute Gasteiger partial charge is 0.468 e. The highest BCUT2D eigenvalue weighted by molar-refractivity contribution is 6.05. The molecule has 3 nitrogen and oxygen atoms in total. The fourth-order valence-corrected chi connectivity index (χ4v) is 3.20. The first-order chi connectivity index (χ1) is 10.2. The topological polar surface area (TPSA) is 43.4 Å². The lowest BCUT2D eigenvalue weighted by Crippen LogP contribution is -2.47. The summed E-state index contributed by atoms with van der Waals surface area (Å²) in [6, 6.07) is 9.88. The number of esters is 1. The highest BCUT2D eigenvalue weighted by atomic mass is 16.5. The molecule has 1 saturated carbocycles. The van der Waals surface area contributed by atoms with E-state index in [1.807, 2.05) is 30.3 Å². The first kappa shape index (κ1) is 15.7. The van der Waals surface area contributed by atoms with E-state index in [-0.39, 0.29) is 11.8 Å². The Bertz CT molecular complexity index is 488. The zero-order valence-corrected chi connectivity index (χ0v) is 12.9. The van der Waals surface area contributed by atoms with Crippen molar-refractivity contribution in [3.05, 3.63) is 35.9 Å². The van der Waals surface area contributed by atoms with Crippen LogP contribution in [0.3, 0.4) is 0 Å². The molecular weight excluding hydrogens is 264 g/mol. The third-order valence-electron chi connectivity index (χ3n) is 4.65. The third kappa shape index (κ3) is 3.02. The molecule has 1 aromatic rings. The Morgan fingerprint density at radius 1 is 1.24 bits per heavy atom. The lowest BCUT2D eigenvalue weighted by molar-refractivity contribution is -0.152. The lowest BCUT2D eigenvalue weighted by Gasteiger charge is -2.42. The third-order valence-corrected chi connectivity index (χ3v) is 4.65. The van der Waals surface area contributed by atoms with Gasteiger partial charge in [-0.1, -0.05) is 56.5 Å². The fraction of sp³-hybridized carbons (Fsp3) is 0.556. The van der Waals surface area contributed by atoms with Crippen molar-refractivity contribution in [1.82, 2.24) is 0 Å². The highest BCUT2D eigenvalue weighted by Gasteiger charge is 2.49. The molecule has 0 N–H and O–H groups in total. The van der Waals surface area contributed by atoms with Crippen molar-refractivity contribution in [3.8, 4) is 0 Å². The van der Waals surface area contributed by atoms with Crippen molar-refractivity contribution in [1.29, 1.82) is 0 Å². The number of ketones is 1. The first-order valence-corrected chi connectivity index (χ1v) is 7.83. The van der Waals surface area contributed by atoms with E-state index in [9.17, 15) is 9.59 Å². The van der Waals surface area contributed by atoms with E-state index in [1.165, 1.54) is 7.11 Å². The van der Waals surface area contributed by atoms with Gasteiger partial charge in [0.15, 0.2) is 5.78 Å². The molecule has 0 heterocycles. The molecular formula is C18H24O3. The van der Waals surface area contributed by atoms with Gasteiger partial charge in [-0.05, 0) is 24.8 Å². The van der Waals surface area contributed by atoms with E-state index in [0.29, 0.717) is 6.42 Å². The zero-order valence-electron chi connectivity index (χ0n) is 12.9. The van der Waals surface area contributed by atoms with E-state index < -0.39 is 11.3 Å². The van der Waals surface area contributed by atoms with Gasteiger partial charge in [0.1, 0.15) is 5.92 Å². The number of ether oxygens (including phenoxy) is 1. The molecule has 1 aliphatic carbocycles. The molecule has 114 valence electrons. The summed E-state index contributed by atoms with van der Waals surface area (Å²) in [7, 11) is 1.37. The lowest BCUT2D eigenvalue weighted by atomic mass is 9.59. The summed E-state index contributed by atoms with van der Waals surface area (Å²) in [4.78, 5) is 25.1. The van der Waals surface area contributed by atoms with E-state index in [2.05, 4.69) is 6.92 Å². The van der Waals surface area contributed by atoms with Crippen LogP contribution in [0, 0.1) is 5.92 Å². The maximum atomic E-state index is 13.1. The van der Waals surface area contributed by atoms with E-state index >= 15 is 0 Å². The normalized spacial score (nSPS) is 17.6. The Labute approximate surface area is 126 Å². The summed E-state index contributed by atoms with van der Waals surface area (Å²) >= 11 is 0. The molecule has 1 aromatic carbocycles. The molecule has 21 heavy (non-hydrogen) atoms. The van der Waals surface area contributed by atoms with Gasteiger partial charge in [-0.25, -0.2) is 0 Å². The Balaban J connectivity index is 2.27. The standard InChI is InChI=1S/C18H24O3/c1-3-4-11-15(17(20)21-2)16(19)18(12-8-13-18)14-9-6-5-7-10-14/h5-7,9-10,15H,3-4,8,11-13H2,1-2H3. The smallest absolute Gasteiger partial charge is 0.316 e. The minimum Gasteiger partial charge on any atom is -0.468 e. The molecule has 0 amide bonds. The van der Waals surface area contributed by atoms with E-state index in [1.54, 1.807) is 0 Å². The van der Waals surface area contributed by atoms with Crippen LogP contribution in [0.5, 0.6) is 0 Å². The predicted molar refractivity (Wildman–Crippen MR) is 82.0 cm³/mol. The Morgan fingerprint density at radius 3 is 2.38 bits per heavy atom. The molecule has 1 unspecified atom stereocenters. The van der Waals surface area contributed by atoms with Gasteiger partial charge in [0.25, 0.3) is 0 Å². The quantitative estimate of drug-likeness (QED) is 0.568. The van der Waals surface area contributed by atoms with E-state index in [0.717, 1.165) is 37.7 Å². The summed E-state index contributed by atoms with van der Waals surface area (Å²) in [5.41, 5.74) is 0.583. The van der Waals surface area contributed by atoms with Crippen molar-refractivity contribution < 1.29 is 14.3 Å². The number of hydrogen-bond donors (Lipinski definition) is 0.